The Labute approximate surface area is 167 Å². The summed E-state index contributed by atoms with van der Waals surface area (Å²) in [7, 11) is 1.55. The SMILES string of the molecule is CCCOCCn1c(=O)c(NC(C)=O)nc2ncc(-c3ccc(OC)nc3)cc21. The second kappa shape index (κ2) is 9.24. The van der Waals surface area contributed by atoms with Gasteiger partial charge in [-0.1, -0.05) is 6.92 Å². The predicted molar refractivity (Wildman–Crippen MR) is 109 cm³/mol. The lowest BCUT2D eigenvalue weighted by Crippen LogP contribution is -2.28. The fourth-order valence-corrected chi connectivity index (χ4v) is 2.82. The topological polar surface area (TPSA) is 108 Å². The van der Waals surface area contributed by atoms with Gasteiger partial charge in [-0.2, -0.15) is 0 Å². The van der Waals surface area contributed by atoms with Gasteiger partial charge in [0.05, 0.1) is 19.2 Å². The zero-order chi connectivity index (χ0) is 20.8. The van der Waals surface area contributed by atoms with Crippen LogP contribution < -0.4 is 15.6 Å². The number of nitrogens with one attached hydrogen (secondary N) is 1. The van der Waals surface area contributed by atoms with E-state index in [1.807, 2.05) is 19.1 Å². The van der Waals surface area contributed by atoms with Crippen LogP contribution in [-0.4, -0.2) is 45.7 Å². The summed E-state index contributed by atoms with van der Waals surface area (Å²) in [6, 6.07) is 5.45. The molecule has 0 saturated heterocycles. The summed E-state index contributed by atoms with van der Waals surface area (Å²) in [5.74, 6) is 0.0876. The number of ether oxygens (including phenoxy) is 2. The van der Waals surface area contributed by atoms with Crippen molar-refractivity contribution in [2.75, 3.05) is 25.6 Å². The third kappa shape index (κ3) is 4.75. The van der Waals surface area contributed by atoms with Crippen LogP contribution >= 0.6 is 0 Å². The van der Waals surface area contributed by atoms with E-state index in [1.165, 1.54) is 11.5 Å². The highest BCUT2D eigenvalue weighted by Crippen LogP contribution is 2.23. The van der Waals surface area contributed by atoms with Crippen molar-refractivity contribution in [3.05, 3.63) is 40.9 Å². The normalized spacial score (nSPS) is 10.9. The smallest absolute Gasteiger partial charge is 0.294 e. The minimum Gasteiger partial charge on any atom is -0.481 e. The lowest BCUT2D eigenvalue weighted by Gasteiger charge is -2.13. The van der Waals surface area contributed by atoms with Crippen LogP contribution in [0.15, 0.2) is 35.4 Å². The number of pyridine rings is 2. The van der Waals surface area contributed by atoms with Gasteiger partial charge in [-0.05, 0) is 18.6 Å². The molecule has 0 aromatic carbocycles. The van der Waals surface area contributed by atoms with E-state index < -0.39 is 5.56 Å². The molecular weight excluding hydrogens is 374 g/mol. The van der Waals surface area contributed by atoms with Crippen LogP contribution in [0.2, 0.25) is 0 Å². The molecule has 0 saturated carbocycles. The molecule has 0 aliphatic carbocycles. The van der Waals surface area contributed by atoms with Crippen molar-refractivity contribution in [2.24, 2.45) is 0 Å². The summed E-state index contributed by atoms with van der Waals surface area (Å²) >= 11 is 0. The van der Waals surface area contributed by atoms with Crippen LogP contribution in [0.5, 0.6) is 5.88 Å². The van der Waals surface area contributed by atoms with E-state index in [2.05, 4.69) is 20.3 Å². The van der Waals surface area contributed by atoms with E-state index in [0.29, 0.717) is 36.8 Å². The molecule has 0 bridgehead atoms. The molecular formula is C20H23N5O4. The number of amides is 1. The zero-order valence-corrected chi connectivity index (χ0v) is 16.6. The standard InChI is InChI=1S/C20H23N5O4/c1-4-8-29-9-7-25-16-10-15(14-5-6-17(28-3)21-11-14)12-22-18(16)24-19(20(25)27)23-13(2)26/h5-6,10-12H,4,7-9H2,1-3H3,(H,22,23,24,26). The van der Waals surface area contributed by atoms with Crippen molar-refractivity contribution in [3.63, 3.8) is 0 Å². The van der Waals surface area contributed by atoms with Gasteiger partial charge in [0.25, 0.3) is 5.56 Å². The van der Waals surface area contributed by atoms with Crippen LogP contribution in [0, 0.1) is 0 Å². The summed E-state index contributed by atoms with van der Waals surface area (Å²) in [6.07, 6.45) is 4.21. The number of hydrogen-bond acceptors (Lipinski definition) is 7. The molecule has 0 fully saturated rings. The molecule has 29 heavy (non-hydrogen) atoms. The maximum Gasteiger partial charge on any atom is 0.294 e. The van der Waals surface area contributed by atoms with Crippen molar-refractivity contribution in [1.29, 1.82) is 0 Å². The van der Waals surface area contributed by atoms with Crippen molar-refractivity contribution in [3.8, 4) is 17.0 Å². The molecule has 0 radical (unpaired) electrons. The van der Waals surface area contributed by atoms with Gasteiger partial charge in [-0.15, -0.1) is 0 Å². The molecule has 3 aromatic heterocycles. The highest BCUT2D eigenvalue weighted by Gasteiger charge is 2.14. The molecule has 0 aliphatic heterocycles. The lowest BCUT2D eigenvalue weighted by atomic mass is 10.1. The molecule has 0 aliphatic rings. The van der Waals surface area contributed by atoms with Gasteiger partial charge < -0.3 is 14.8 Å². The third-order valence-corrected chi connectivity index (χ3v) is 4.18. The van der Waals surface area contributed by atoms with Crippen LogP contribution in [0.3, 0.4) is 0 Å². The molecule has 3 aromatic rings. The van der Waals surface area contributed by atoms with E-state index in [4.69, 9.17) is 9.47 Å². The summed E-state index contributed by atoms with van der Waals surface area (Å²) < 4.78 is 12.2. The first-order valence-electron chi connectivity index (χ1n) is 9.29. The second-order valence-electron chi connectivity index (χ2n) is 6.37. The molecule has 0 unspecified atom stereocenters. The van der Waals surface area contributed by atoms with Crippen LogP contribution in [0.1, 0.15) is 20.3 Å². The molecule has 0 spiro atoms. The van der Waals surface area contributed by atoms with Crippen LogP contribution in [-0.2, 0) is 16.1 Å². The lowest BCUT2D eigenvalue weighted by molar-refractivity contribution is -0.114. The molecule has 152 valence electrons. The Bertz CT molecular complexity index is 1060. The number of carbonyl (C=O) groups excluding carboxylic acids is 1. The fourth-order valence-electron chi connectivity index (χ4n) is 2.82. The van der Waals surface area contributed by atoms with E-state index in [1.54, 1.807) is 25.6 Å². The molecule has 0 atom stereocenters. The average molecular weight is 397 g/mol. The molecule has 1 amide bonds. The van der Waals surface area contributed by atoms with E-state index in [-0.39, 0.29) is 11.7 Å². The van der Waals surface area contributed by atoms with Crippen molar-refractivity contribution in [2.45, 2.75) is 26.8 Å². The Balaban J connectivity index is 2.07. The predicted octanol–water partition coefficient (Wildman–Crippen LogP) is 2.25. The third-order valence-electron chi connectivity index (χ3n) is 4.18. The number of anilines is 1. The van der Waals surface area contributed by atoms with E-state index in [9.17, 15) is 9.59 Å². The van der Waals surface area contributed by atoms with Gasteiger partial charge in [-0.3, -0.25) is 14.2 Å². The van der Waals surface area contributed by atoms with E-state index >= 15 is 0 Å². The first-order valence-corrected chi connectivity index (χ1v) is 9.29. The average Bonchev–Trinajstić information content (AvgIpc) is 2.73. The Hall–Kier alpha value is -3.33. The number of rotatable bonds is 8. The first-order chi connectivity index (χ1) is 14.0. The van der Waals surface area contributed by atoms with Gasteiger partial charge in [0, 0.05) is 49.7 Å². The summed E-state index contributed by atoms with van der Waals surface area (Å²) in [5, 5.41) is 2.48. The number of nitrogens with zero attached hydrogens (tertiary/aromatic N) is 4. The van der Waals surface area contributed by atoms with Gasteiger partial charge in [0.15, 0.2) is 5.65 Å². The summed E-state index contributed by atoms with van der Waals surface area (Å²) in [6.45, 7) is 4.63. The summed E-state index contributed by atoms with van der Waals surface area (Å²) in [4.78, 5) is 37.2. The number of carbonyl (C=O) groups is 1. The Morgan fingerprint density at radius 2 is 1.97 bits per heavy atom. The Morgan fingerprint density at radius 1 is 1.17 bits per heavy atom. The van der Waals surface area contributed by atoms with Crippen LogP contribution in [0.25, 0.3) is 22.3 Å². The number of hydrogen-bond donors (Lipinski definition) is 1. The van der Waals surface area contributed by atoms with E-state index in [0.717, 1.165) is 17.5 Å². The monoisotopic (exact) mass is 397 g/mol. The van der Waals surface area contributed by atoms with Crippen molar-refractivity contribution >= 4 is 22.9 Å². The number of methoxy groups -OCH3 is 1. The van der Waals surface area contributed by atoms with Crippen LogP contribution in [0.4, 0.5) is 5.82 Å². The molecule has 1 N–H and O–H groups in total. The Kier molecular flexibility index (Phi) is 6.50. The fraction of sp³-hybridized carbons (Fsp3) is 0.350. The minimum atomic E-state index is -0.403. The Morgan fingerprint density at radius 3 is 2.62 bits per heavy atom. The summed E-state index contributed by atoms with van der Waals surface area (Å²) in [5.41, 5.74) is 2.11. The van der Waals surface area contributed by atoms with Gasteiger partial charge in [0.1, 0.15) is 0 Å². The quantitative estimate of drug-likeness (QED) is 0.581. The first kappa shape index (κ1) is 20.4. The molecule has 3 rings (SSSR count). The van der Waals surface area contributed by atoms with Crippen molar-refractivity contribution < 1.29 is 14.3 Å². The minimum absolute atomic E-state index is 0.0492. The van der Waals surface area contributed by atoms with Gasteiger partial charge in [-0.25, -0.2) is 15.0 Å². The highest BCUT2D eigenvalue weighted by molar-refractivity contribution is 5.88. The maximum absolute atomic E-state index is 12.9. The van der Waals surface area contributed by atoms with Crippen molar-refractivity contribution in [1.82, 2.24) is 19.5 Å². The molecule has 3 heterocycles. The number of fused-ring (bicyclic) bond motifs is 1. The van der Waals surface area contributed by atoms with Gasteiger partial charge >= 0.3 is 0 Å². The maximum atomic E-state index is 12.9. The second-order valence-corrected chi connectivity index (χ2v) is 6.37. The largest absolute Gasteiger partial charge is 0.481 e. The molecule has 9 nitrogen and oxygen atoms in total. The highest BCUT2D eigenvalue weighted by atomic mass is 16.5. The number of aromatic nitrogens is 4. The van der Waals surface area contributed by atoms with Gasteiger partial charge in [0.2, 0.25) is 17.6 Å². The zero-order valence-electron chi connectivity index (χ0n) is 16.6. The molecule has 9 heteroatoms.